The number of hydrogen-bond acceptors (Lipinski definition) is 3. The summed E-state index contributed by atoms with van der Waals surface area (Å²) < 4.78 is 19.8. The zero-order chi connectivity index (χ0) is 14.1. The first-order chi connectivity index (χ1) is 9.65. The molecule has 0 saturated heterocycles. The number of hydrogen-bond donors (Lipinski definition) is 1. The quantitative estimate of drug-likeness (QED) is 0.861. The third kappa shape index (κ3) is 2.61. The van der Waals surface area contributed by atoms with Crippen molar-refractivity contribution in [3.05, 3.63) is 56.3 Å². The molecule has 2 heterocycles. The molecule has 3 nitrogen and oxygen atoms in total. The number of benzene rings is 1. The number of nitrogens with one attached hydrogen (secondary N) is 1. The normalized spacial score (nSPS) is 14.1. The van der Waals surface area contributed by atoms with Gasteiger partial charge in [0.25, 0.3) is 0 Å². The number of rotatable bonds is 2. The summed E-state index contributed by atoms with van der Waals surface area (Å²) in [6.45, 7) is 1.15. The molecule has 1 aromatic carbocycles. The predicted molar refractivity (Wildman–Crippen MR) is 77.0 cm³/mol. The lowest BCUT2D eigenvalue weighted by molar-refractivity contribution is 0.108. The number of nitrogens with zero attached hydrogens (tertiary/aromatic N) is 1. The highest BCUT2D eigenvalue weighted by molar-refractivity contribution is 7.71. The van der Waals surface area contributed by atoms with Gasteiger partial charge in [0.05, 0.1) is 18.2 Å². The second-order valence-corrected chi connectivity index (χ2v) is 5.43. The molecule has 6 heteroatoms. The lowest BCUT2D eigenvalue weighted by atomic mass is 10.1. The van der Waals surface area contributed by atoms with Crippen molar-refractivity contribution in [2.24, 2.45) is 0 Å². The van der Waals surface area contributed by atoms with Crippen LogP contribution in [0.4, 0.5) is 4.39 Å². The van der Waals surface area contributed by atoms with Gasteiger partial charge in [0.15, 0.2) is 0 Å². The smallest absolute Gasteiger partial charge is 0.145 e. The summed E-state index contributed by atoms with van der Waals surface area (Å²) in [5, 5.41) is 0.118. The minimum absolute atomic E-state index is 0.118. The van der Waals surface area contributed by atoms with E-state index in [1.807, 2.05) is 0 Å². The molecule has 0 bridgehead atoms. The first kappa shape index (κ1) is 13.7. The molecule has 0 fully saturated rings. The van der Waals surface area contributed by atoms with E-state index in [0.29, 0.717) is 35.7 Å². The van der Waals surface area contributed by atoms with E-state index >= 15 is 0 Å². The average molecular weight is 311 g/mol. The van der Waals surface area contributed by atoms with Crippen LogP contribution in [-0.4, -0.2) is 16.6 Å². The van der Waals surface area contributed by atoms with Gasteiger partial charge >= 0.3 is 0 Å². The van der Waals surface area contributed by atoms with Crippen LogP contribution in [0.5, 0.6) is 0 Å². The zero-order valence-corrected chi connectivity index (χ0v) is 12.2. The third-order valence-electron chi connectivity index (χ3n) is 3.29. The number of aromatic amines is 1. The molecule has 0 amide bonds. The molecule has 0 aliphatic carbocycles. The minimum Gasteiger partial charge on any atom is -0.376 e. The first-order valence-corrected chi connectivity index (χ1v) is 7.05. The average Bonchev–Trinajstić information content (AvgIpc) is 2.44. The summed E-state index contributed by atoms with van der Waals surface area (Å²) in [5.41, 5.74) is 2.47. The van der Waals surface area contributed by atoms with Gasteiger partial charge in [-0.2, -0.15) is 0 Å². The van der Waals surface area contributed by atoms with Gasteiger partial charge in [-0.15, -0.1) is 0 Å². The van der Waals surface area contributed by atoms with E-state index in [1.54, 1.807) is 12.1 Å². The van der Waals surface area contributed by atoms with Crippen LogP contribution in [0.25, 0.3) is 0 Å². The highest BCUT2D eigenvalue weighted by atomic mass is 35.5. The van der Waals surface area contributed by atoms with E-state index in [2.05, 4.69) is 9.97 Å². The fourth-order valence-electron chi connectivity index (χ4n) is 2.26. The van der Waals surface area contributed by atoms with Gasteiger partial charge in [0, 0.05) is 24.1 Å². The highest BCUT2D eigenvalue weighted by Crippen LogP contribution is 2.21. The maximum Gasteiger partial charge on any atom is 0.145 e. The molecule has 104 valence electrons. The summed E-state index contributed by atoms with van der Waals surface area (Å²) in [6, 6.07) is 4.95. The number of aromatic nitrogens is 2. The van der Waals surface area contributed by atoms with Gasteiger partial charge < -0.3 is 9.72 Å². The Bertz CT molecular complexity index is 717. The zero-order valence-electron chi connectivity index (χ0n) is 10.6. The largest absolute Gasteiger partial charge is 0.376 e. The molecule has 0 unspecified atom stereocenters. The van der Waals surface area contributed by atoms with E-state index in [-0.39, 0.29) is 5.02 Å². The summed E-state index contributed by atoms with van der Waals surface area (Å²) in [6.07, 6.45) is 1.11. The van der Waals surface area contributed by atoms with Crippen LogP contribution >= 0.6 is 23.8 Å². The molecule has 0 atom stereocenters. The van der Waals surface area contributed by atoms with E-state index in [0.717, 1.165) is 17.7 Å². The van der Waals surface area contributed by atoms with Gasteiger partial charge in [-0.1, -0.05) is 36.0 Å². The van der Waals surface area contributed by atoms with Crippen LogP contribution in [0.15, 0.2) is 18.2 Å². The highest BCUT2D eigenvalue weighted by Gasteiger charge is 2.15. The summed E-state index contributed by atoms with van der Waals surface area (Å²) in [7, 11) is 0. The van der Waals surface area contributed by atoms with Crippen molar-refractivity contribution in [2.75, 3.05) is 6.61 Å². The van der Waals surface area contributed by atoms with Gasteiger partial charge in [-0.25, -0.2) is 9.37 Å². The second kappa shape index (κ2) is 5.60. The molecule has 20 heavy (non-hydrogen) atoms. The summed E-state index contributed by atoms with van der Waals surface area (Å²) in [4.78, 5) is 7.56. The van der Waals surface area contributed by atoms with Crippen molar-refractivity contribution in [2.45, 2.75) is 19.4 Å². The Balaban J connectivity index is 1.97. The molecule has 0 radical (unpaired) electrons. The molecule has 0 saturated carbocycles. The SMILES string of the molecule is Fc1c(Cl)cccc1Cc1nc(=S)c2c([nH]1)CCOC2. The maximum absolute atomic E-state index is 13.9. The number of fused-ring (bicyclic) bond motifs is 1. The number of ether oxygens (including phenoxy) is 1. The van der Waals surface area contributed by atoms with Crippen molar-refractivity contribution >= 4 is 23.8 Å². The van der Waals surface area contributed by atoms with Crippen molar-refractivity contribution in [1.29, 1.82) is 0 Å². The van der Waals surface area contributed by atoms with Crippen LogP contribution in [0.3, 0.4) is 0 Å². The monoisotopic (exact) mass is 310 g/mol. The van der Waals surface area contributed by atoms with Gasteiger partial charge in [0.2, 0.25) is 0 Å². The lowest BCUT2D eigenvalue weighted by Gasteiger charge is -2.17. The van der Waals surface area contributed by atoms with Crippen molar-refractivity contribution in [3.8, 4) is 0 Å². The van der Waals surface area contributed by atoms with Crippen molar-refractivity contribution < 1.29 is 9.13 Å². The molecule has 0 spiro atoms. The fourth-order valence-corrected chi connectivity index (χ4v) is 2.74. The Morgan fingerprint density at radius 3 is 3.15 bits per heavy atom. The van der Waals surface area contributed by atoms with Crippen molar-refractivity contribution in [1.82, 2.24) is 9.97 Å². The van der Waals surface area contributed by atoms with Gasteiger partial charge in [-0.05, 0) is 11.6 Å². The van der Waals surface area contributed by atoms with Crippen LogP contribution in [0, 0.1) is 10.5 Å². The summed E-state index contributed by atoms with van der Waals surface area (Å²) in [5.74, 6) is 0.244. The Hall–Kier alpha value is -1.30. The Morgan fingerprint density at radius 2 is 2.30 bits per heavy atom. The van der Waals surface area contributed by atoms with Crippen LogP contribution in [-0.2, 0) is 24.2 Å². The Kier molecular flexibility index (Phi) is 3.83. The van der Waals surface area contributed by atoms with Crippen LogP contribution in [0.2, 0.25) is 5.02 Å². The van der Waals surface area contributed by atoms with Crippen LogP contribution < -0.4 is 0 Å². The van der Waals surface area contributed by atoms with E-state index in [1.165, 1.54) is 6.07 Å². The molecular formula is C14H12ClFN2OS. The van der Waals surface area contributed by atoms with Gasteiger partial charge in [0.1, 0.15) is 16.3 Å². The van der Waals surface area contributed by atoms with Crippen LogP contribution in [0.1, 0.15) is 22.6 Å². The van der Waals surface area contributed by atoms with E-state index in [9.17, 15) is 4.39 Å². The number of H-pyrrole nitrogens is 1. The van der Waals surface area contributed by atoms with Gasteiger partial charge in [-0.3, -0.25) is 0 Å². The first-order valence-electron chi connectivity index (χ1n) is 6.26. The predicted octanol–water partition coefficient (Wildman–Crippen LogP) is 3.60. The molecule has 1 aromatic heterocycles. The third-order valence-corrected chi connectivity index (χ3v) is 3.92. The van der Waals surface area contributed by atoms with E-state index < -0.39 is 5.82 Å². The second-order valence-electron chi connectivity index (χ2n) is 4.64. The minimum atomic E-state index is -0.406. The molecule has 1 aliphatic rings. The maximum atomic E-state index is 13.9. The molecule has 1 aliphatic heterocycles. The topological polar surface area (TPSA) is 37.9 Å². The lowest BCUT2D eigenvalue weighted by Crippen LogP contribution is -2.15. The summed E-state index contributed by atoms with van der Waals surface area (Å²) >= 11 is 11.1. The molecule has 1 N–H and O–H groups in total. The Labute approximate surface area is 125 Å². The standard InChI is InChI=1S/C14H12ClFN2OS/c15-10-3-1-2-8(13(10)16)6-12-17-11-4-5-19-7-9(11)14(20)18-12/h1-3H,4-7H2,(H,17,18,20). The van der Waals surface area contributed by atoms with Crippen molar-refractivity contribution in [3.63, 3.8) is 0 Å². The molecule has 3 rings (SSSR count). The Morgan fingerprint density at radius 1 is 1.45 bits per heavy atom. The fraction of sp³-hybridized carbons (Fsp3) is 0.286. The molecular weight excluding hydrogens is 299 g/mol. The van der Waals surface area contributed by atoms with E-state index in [4.69, 9.17) is 28.6 Å². The molecule has 2 aromatic rings. The number of halogens is 2.